The molecule has 0 bridgehead atoms. The van der Waals surface area contributed by atoms with Crippen LogP contribution in [0.4, 0.5) is 0 Å². The van der Waals surface area contributed by atoms with E-state index >= 15 is 0 Å². The Bertz CT molecular complexity index is 843. The summed E-state index contributed by atoms with van der Waals surface area (Å²) in [4.78, 5) is 12.8. The molecule has 0 aliphatic carbocycles. The maximum atomic E-state index is 10.3. The van der Waals surface area contributed by atoms with E-state index in [0.29, 0.717) is 19.6 Å². The largest absolute Gasteiger partial charge is 0.390 e. The summed E-state index contributed by atoms with van der Waals surface area (Å²) in [5, 5.41) is 13.5. The van der Waals surface area contributed by atoms with Crippen molar-refractivity contribution >= 4 is 11.0 Å². The molecule has 0 saturated heterocycles. The number of nitrogens with zero attached hydrogens (tertiary/aromatic N) is 4. The molecule has 0 fully saturated rings. The molecule has 0 spiro atoms. The van der Waals surface area contributed by atoms with E-state index in [0.717, 1.165) is 22.6 Å². The lowest BCUT2D eigenvalue weighted by Crippen LogP contribution is -2.30. The highest BCUT2D eigenvalue weighted by Gasteiger charge is 2.10. The number of hydrogen-bond acceptors (Lipinski definition) is 5. The Labute approximate surface area is 141 Å². The van der Waals surface area contributed by atoms with Crippen molar-refractivity contribution in [1.82, 2.24) is 24.8 Å². The van der Waals surface area contributed by atoms with Gasteiger partial charge in [-0.15, -0.1) is 0 Å². The maximum Gasteiger partial charge on any atom is 0.125 e. The summed E-state index contributed by atoms with van der Waals surface area (Å²) in [5.41, 5.74) is 5.42. The molecule has 126 valence electrons. The van der Waals surface area contributed by atoms with Crippen LogP contribution in [-0.2, 0) is 13.1 Å². The van der Waals surface area contributed by atoms with Gasteiger partial charge in [-0.2, -0.15) is 0 Å². The Hall–Kier alpha value is -2.31. The first-order valence-corrected chi connectivity index (χ1v) is 8.12. The van der Waals surface area contributed by atoms with E-state index in [-0.39, 0.29) is 0 Å². The predicted octanol–water partition coefficient (Wildman–Crippen LogP) is 1.90. The zero-order valence-corrected chi connectivity index (χ0v) is 14.3. The number of aryl methyl sites for hydroxylation is 3. The molecule has 0 aliphatic rings. The molecule has 3 aromatic rings. The third kappa shape index (κ3) is 3.77. The fourth-order valence-corrected chi connectivity index (χ4v) is 2.72. The fraction of sp³-hybridized carbons (Fsp3) is 0.389. The molecular formula is C18H23N5O. The van der Waals surface area contributed by atoms with E-state index in [4.69, 9.17) is 0 Å². The molecular weight excluding hydrogens is 302 g/mol. The lowest BCUT2D eigenvalue weighted by Gasteiger charge is -2.13. The number of fused-ring (bicyclic) bond motifs is 1. The molecule has 2 heterocycles. The van der Waals surface area contributed by atoms with Gasteiger partial charge in [0.2, 0.25) is 0 Å². The quantitative estimate of drug-likeness (QED) is 0.724. The topological polar surface area (TPSA) is 75.9 Å². The van der Waals surface area contributed by atoms with Gasteiger partial charge in [0, 0.05) is 19.3 Å². The van der Waals surface area contributed by atoms with Gasteiger partial charge >= 0.3 is 0 Å². The van der Waals surface area contributed by atoms with Gasteiger partial charge in [-0.3, -0.25) is 0 Å². The first kappa shape index (κ1) is 16.5. The summed E-state index contributed by atoms with van der Waals surface area (Å²) < 4.78 is 2.00. The van der Waals surface area contributed by atoms with E-state index in [1.807, 2.05) is 17.6 Å². The Morgan fingerprint density at radius 1 is 1.17 bits per heavy atom. The lowest BCUT2D eigenvalue weighted by molar-refractivity contribution is 0.152. The zero-order valence-electron chi connectivity index (χ0n) is 14.3. The summed E-state index contributed by atoms with van der Waals surface area (Å²) in [6, 6.07) is 6.09. The van der Waals surface area contributed by atoms with Crippen LogP contribution in [-0.4, -0.2) is 37.3 Å². The molecule has 6 nitrogen and oxygen atoms in total. The van der Waals surface area contributed by atoms with Crippen LogP contribution in [0.15, 0.2) is 30.7 Å². The fourth-order valence-electron chi connectivity index (χ4n) is 2.72. The van der Waals surface area contributed by atoms with Crippen LogP contribution in [0.25, 0.3) is 11.0 Å². The van der Waals surface area contributed by atoms with Gasteiger partial charge in [0.15, 0.2) is 0 Å². The van der Waals surface area contributed by atoms with Crippen LogP contribution in [0, 0.1) is 20.8 Å². The highest BCUT2D eigenvalue weighted by atomic mass is 16.3. The van der Waals surface area contributed by atoms with Crippen molar-refractivity contribution in [2.45, 2.75) is 40.0 Å². The van der Waals surface area contributed by atoms with Crippen LogP contribution < -0.4 is 5.32 Å². The second-order valence-electron chi connectivity index (χ2n) is 6.20. The Kier molecular flexibility index (Phi) is 4.87. The highest BCUT2D eigenvalue weighted by molar-refractivity contribution is 5.77. The Morgan fingerprint density at radius 2 is 1.96 bits per heavy atom. The SMILES string of the molecule is Cc1nccc(CNC[C@@H](O)Cn2cnc3cc(C)c(C)cc32)n1. The molecule has 0 aliphatic heterocycles. The van der Waals surface area contributed by atoms with Gasteiger partial charge in [-0.05, 0) is 50.1 Å². The van der Waals surface area contributed by atoms with Gasteiger partial charge in [-0.25, -0.2) is 15.0 Å². The van der Waals surface area contributed by atoms with Crippen LogP contribution in [0.3, 0.4) is 0 Å². The lowest BCUT2D eigenvalue weighted by atomic mass is 10.1. The van der Waals surface area contributed by atoms with Crippen molar-refractivity contribution in [3.63, 3.8) is 0 Å². The second kappa shape index (κ2) is 7.07. The number of imidazole rings is 1. The van der Waals surface area contributed by atoms with E-state index in [1.165, 1.54) is 11.1 Å². The predicted molar refractivity (Wildman–Crippen MR) is 93.7 cm³/mol. The summed E-state index contributed by atoms with van der Waals surface area (Å²) in [7, 11) is 0. The minimum Gasteiger partial charge on any atom is -0.390 e. The molecule has 6 heteroatoms. The highest BCUT2D eigenvalue weighted by Crippen LogP contribution is 2.18. The number of benzene rings is 1. The molecule has 3 rings (SSSR count). The summed E-state index contributed by atoms with van der Waals surface area (Å²) in [5.74, 6) is 0.755. The molecule has 0 saturated carbocycles. The van der Waals surface area contributed by atoms with E-state index in [2.05, 4.69) is 46.2 Å². The van der Waals surface area contributed by atoms with Gasteiger partial charge in [0.25, 0.3) is 0 Å². The van der Waals surface area contributed by atoms with Crippen LogP contribution in [0.1, 0.15) is 22.6 Å². The first-order valence-electron chi connectivity index (χ1n) is 8.12. The second-order valence-corrected chi connectivity index (χ2v) is 6.20. The van der Waals surface area contributed by atoms with Crippen molar-refractivity contribution < 1.29 is 5.11 Å². The number of aromatic nitrogens is 4. The normalized spacial score (nSPS) is 12.7. The van der Waals surface area contributed by atoms with Gasteiger partial charge < -0.3 is 15.0 Å². The number of aliphatic hydroxyl groups is 1. The van der Waals surface area contributed by atoms with E-state index in [1.54, 1.807) is 12.5 Å². The third-order valence-electron chi connectivity index (χ3n) is 4.16. The molecule has 0 radical (unpaired) electrons. The van der Waals surface area contributed by atoms with E-state index < -0.39 is 6.10 Å². The molecule has 24 heavy (non-hydrogen) atoms. The van der Waals surface area contributed by atoms with Crippen molar-refractivity contribution in [3.8, 4) is 0 Å². The van der Waals surface area contributed by atoms with Gasteiger partial charge in [-0.1, -0.05) is 0 Å². The minimum absolute atomic E-state index is 0.494. The average molecular weight is 325 g/mol. The van der Waals surface area contributed by atoms with Crippen molar-refractivity contribution in [2.24, 2.45) is 0 Å². The Balaban J connectivity index is 1.59. The molecule has 0 amide bonds. The number of nitrogens with one attached hydrogen (secondary N) is 1. The van der Waals surface area contributed by atoms with Crippen molar-refractivity contribution in [2.75, 3.05) is 6.54 Å². The number of hydrogen-bond donors (Lipinski definition) is 2. The summed E-state index contributed by atoms with van der Waals surface area (Å²) in [6.07, 6.45) is 3.05. The zero-order chi connectivity index (χ0) is 17.1. The third-order valence-corrected chi connectivity index (χ3v) is 4.16. The van der Waals surface area contributed by atoms with Crippen molar-refractivity contribution in [3.05, 3.63) is 53.4 Å². The van der Waals surface area contributed by atoms with E-state index in [9.17, 15) is 5.11 Å². The molecule has 2 aromatic heterocycles. The average Bonchev–Trinajstić information content (AvgIpc) is 2.90. The summed E-state index contributed by atoms with van der Waals surface area (Å²) in [6.45, 7) is 7.66. The standard InChI is InChI=1S/C18H23N5O/c1-12-6-17-18(7-13(12)2)23(11-21-17)10-16(24)9-19-8-15-4-5-20-14(3)22-15/h4-7,11,16,19,24H,8-10H2,1-3H3/t16-/m1/s1. The van der Waals surface area contributed by atoms with Gasteiger partial charge in [0.1, 0.15) is 5.82 Å². The monoisotopic (exact) mass is 325 g/mol. The Morgan fingerprint density at radius 3 is 2.75 bits per heavy atom. The maximum absolute atomic E-state index is 10.3. The van der Waals surface area contributed by atoms with Crippen molar-refractivity contribution in [1.29, 1.82) is 0 Å². The van der Waals surface area contributed by atoms with Gasteiger partial charge in [0.05, 0.1) is 35.7 Å². The number of rotatable bonds is 6. The minimum atomic E-state index is -0.494. The number of aliphatic hydroxyl groups excluding tert-OH is 1. The molecule has 2 N–H and O–H groups in total. The summed E-state index contributed by atoms with van der Waals surface area (Å²) >= 11 is 0. The molecule has 1 aromatic carbocycles. The molecule has 0 unspecified atom stereocenters. The van der Waals surface area contributed by atoms with Crippen LogP contribution >= 0.6 is 0 Å². The van der Waals surface area contributed by atoms with Crippen LogP contribution in [0.2, 0.25) is 0 Å². The smallest absolute Gasteiger partial charge is 0.125 e. The molecule has 1 atom stereocenters. The van der Waals surface area contributed by atoms with Crippen LogP contribution in [0.5, 0.6) is 0 Å². The first-order chi connectivity index (χ1) is 11.5.